The summed E-state index contributed by atoms with van der Waals surface area (Å²) in [6, 6.07) is 24.5. The van der Waals surface area contributed by atoms with Crippen LogP contribution in [0.3, 0.4) is 0 Å². The zero-order valence-corrected chi connectivity index (χ0v) is 19.3. The number of amides is 1. The van der Waals surface area contributed by atoms with Crippen LogP contribution in [0.2, 0.25) is 0 Å². The van der Waals surface area contributed by atoms with E-state index < -0.39 is 0 Å². The fourth-order valence-electron chi connectivity index (χ4n) is 3.22. The van der Waals surface area contributed by atoms with Gasteiger partial charge in [0, 0.05) is 18.1 Å². The van der Waals surface area contributed by atoms with Gasteiger partial charge in [-0.3, -0.25) is 14.2 Å². The lowest BCUT2D eigenvalue weighted by Gasteiger charge is -2.18. The molecule has 4 aromatic rings. The highest BCUT2D eigenvalue weighted by Gasteiger charge is 2.16. The molecule has 1 heterocycles. The highest BCUT2D eigenvalue weighted by molar-refractivity contribution is 9.10. The van der Waals surface area contributed by atoms with E-state index in [9.17, 15) is 9.59 Å². The fourth-order valence-corrected chi connectivity index (χ4v) is 4.58. The van der Waals surface area contributed by atoms with Gasteiger partial charge in [0.05, 0.1) is 22.3 Å². The van der Waals surface area contributed by atoms with E-state index in [1.54, 1.807) is 22.6 Å². The standard InChI is InChI=1S/C24H20BrN3O2S/c1-27(15-17-9-5-7-13-20(17)25)22(29)16-31-24-26-21-14-8-6-12-19(21)23(30)28(24)18-10-3-2-4-11-18/h2-14H,15-16H2,1H3. The molecular weight excluding hydrogens is 474 g/mol. The van der Waals surface area contributed by atoms with Crippen LogP contribution < -0.4 is 5.56 Å². The molecule has 0 spiro atoms. The number of thioether (sulfide) groups is 1. The van der Waals surface area contributed by atoms with Crippen LogP contribution in [0.4, 0.5) is 0 Å². The Bertz CT molecular complexity index is 1290. The SMILES string of the molecule is CN(Cc1ccccc1Br)C(=O)CSc1nc2ccccc2c(=O)n1-c1ccccc1. The van der Waals surface area contributed by atoms with E-state index in [2.05, 4.69) is 20.9 Å². The molecule has 7 heteroatoms. The molecule has 0 radical (unpaired) electrons. The van der Waals surface area contributed by atoms with Crippen molar-refractivity contribution in [1.29, 1.82) is 0 Å². The first-order valence-corrected chi connectivity index (χ1v) is 11.5. The lowest BCUT2D eigenvalue weighted by Crippen LogP contribution is -2.28. The van der Waals surface area contributed by atoms with Gasteiger partial charge in [-0.2, -0.15) is 0 Å². The number of halogens is 1. The minimum Gasteiger partial charge on any atom is -0.341 e. The number of carbonyl (C=O) groups excluding carboxylic acids is 1. The minimum absolute atomic E-state index is 0.0391. The summed E-state index contributed by atoms with van der Waals surface area (Å²) in [4.78, 5) is 32.4. The lowest BCUT2D eigenvalue weighted by molar-refractivity contribution is -0.127. The molecular formula is C24H20BrN3O2S. The monoisotopic (exact) mass is 493 g/mol. The van der Waals surface area contributed by atoms with Crippen LogP contribution in [0.5, 0.6) is 0 Å². The van der Waals surface area contributed by atoms with Crippen LogP contribution in [0, 0.1) is 0 Å². The summed E-state index contributed by atoms with van der Waals surface area (Å²) in [6.45, 7) is 0.497. The van der Waals surface area contributed by atoms with Crippen molar-refractivity contribution in [1.82, 2.24) is 14.5 Å². The number of hydrogen-bond acceptors (Lipinski definition) is 4. The molecule has 1 amide bonds. The second-order valence-corrected chi connectivity index (χ2v) is 8.81. The predicted octanol–water partition coefficient (Wildman–Crippen LogP) is 4.90. The first-order valence-electron chi connectivity index (χ1n) is 9.72. The number of para-hydroxylation sites is 2. The molecule has 4 rings (SSSR count). The van der Waals surface area contributed by atoms with Crippen LogP contribution >= 0.6 is 27.7 Å². The topological polar surface area (TPSA) is 55.2 Å². The summed E-state index contributed by atoms with van der Waals surface area (Å²) < 4.78 is 2.55. The Hall–Kier alpha value is -2.90. The molecule has 0 aliphatic rings. The van der Waals surface area contributed by atoms with E-state index in [1.807, 2.05) is 72.8 Å². The average molecular weight is 494 g/mol. The van der Waals surface area contributed by atoms with Gasteiger partial charge in [0.1, 0.15) is 0 Å². The van der Waals surface area contributed by atoms with Gasteiger partial charge in [-0.1, -0.05) is 76.2 Å². The molecule has 156 valence electrons. The molecule has 0 aliphatic carbocycles. The molecule has 0 N–H and O–H groups in total. The smallest absolute Gasteiger partial charge is 0.266 e. The maximum absolute atomic E-state index is 13.2. The normalized spacial score (nSPS) is 10.9. The first-order chi connectivity index (χ1) is 15.0. The van der Waals surface area contributed by atoms with E-state index in [0.29, 0.717) is 22.6 Å². The van der Waals surface area contributed by atoms with Crippen LogP contribution in [0.15, 0.2) is 93.3 Å². The van der Waals surface area contributed by atoms with E-state index in [0.717, 1.165) is 15.7 Å². The molecule has 0 aliphatic heterocycles. The van der Waals surface area contributed by atoms with Crippen LogP contribution in [0.25, 0.3) is 16.6 Å². The minimum atomic E-state index is -0.145. The summed E-state index contributed by atoms with van der Waals surface area (Å²) in [5, 5.41) is 1.05. The number of aromatic nitrogens is 2. The molecule has 31 heavy (non-hydrogen) atoms. The van der Waals surface area contributed by atoms with Gasteiger partial charge in [0.2, 0.25) is 5.91 Å². The molecule has 3 aromatic carbocycles. The highest BCUT2D eigenvalue weighted by Crippen LogP contribution is 2.22. The van der Waals surface area contributed by atoms with Gasteiger partial charge in [-0.05, 0) is 35.9 Å². The molecule has 0 unspecified atom stereocenters. The van der Waals surface area contributed by atoms with Crippen LogP contribution in [0.1, 0.15) is 5.56 Å². The van der Waals surface area contributed by atoms with Gasteiger partial charge in [-0.15, -0.1) is 0 Å². The molecule has 0 bridgehead atoms. The molecule has 0 saturated heterocycles. The quantitative estimate of drug-likeness (QED) is 0.283. The Morgan fingerprint density at radius 1 is 1.00 bits per heavy atom. The molecule has 5 nitrogen and oxygen atoms in total. The van der Waals surface area contributed by atoms with Crippen LogP contribution in [-0.4, -0.2) is 33.2 Å². The Morgan fingerprint density at radius 2 is 1.68 bits per heavy atom. The van der Waals surface area contributed by atoms with Crippen molar-refractivity contribution in [3.8, 4) is 5.69 Å². The summed E-state index contributed by atoms with van der Waals surface area (Å²) in [7, 11) is 1.78. The van der Waals surface area contributed by atoms with Gasteiger partial charge in [0.15, 0.2) is 5.16 Å². The van der Waals surface area contributed by atoms with E-state index in [1.165, 1.54) is 11.8 Å². The number of hydrogen-bond donors (Lipinski definition) is 0. The number of benzene rings is 3. The van der Waals surface area contributed by atoms with E-state index >= 15 is 0 Å². The Balaban J connectivity index is 1.61. The summed E-state index contributed by atoms with van der Waals surface area (Å²) in [5.41, 5.74) is 2.24. The third-order valence-corrected chi connectivity index (χ3v) is 6.57. The largest absolute Gasteiger partial charge is 0.341 e. The van der Waals surface area contributed by atoms with Gasteiger partial charge in [0.25, 0.3) is 5.56 Å². The van der Waals surface area contributed by atoms with E-state index in [-0.39, 0.29) is 17.2 Å². The Labute approximate surface area is 192 Å². The zero-order chi connectivity index (χ0) is 21.8. The summed E-state index contributed by atoms with van der Waals surface area (Å²) in [5.74, 6) is 0.140. The summed E-state index contributed by atoms with van der Waals surface area (Å²) in [6.07, 6.45) is 0. The van der Waals surface area contributed by atoms with Crippen molar-refractivity contribution in [2.75, 3.05) is 12.8 Å². The Morgan fingerprint density at radius 3 is 2.45 bits per heavy atom. The Kier molecular flexibility index (Phi) is 6.53. The maximum atomic E-state index is 13.2. The average Bonchev–Trinajstić information content (AvgIpc) is 2.79. The third kappa shape index (κ3) is 4.73. The fraction of sp³-hybridized carbons (Fsp3) is 0.125. The van der Waals surface area contributed by atoms with Crippen molar-refractivity contribution in [3.63, 3.8) is 0 Å². The number of rotatable bonds is 6. The van der Waals surface area contributed by atoms with Crippen molar-refractivity contribution >= 4 is 44.5 Å². The van der Waals surface area contributed by atoms with Gasteiger partial charge >= 0.3 is 0 Å². The highest BCUT2D eigenvalue weighted by atomic mass is 79.9. The summed E-state index contributed by atoms with van der Waals surface area (Å²) >= 11 is 4.80. The van der Waals surface area contributed by atoms with Crippen LogP contribution in [-0.2, 0) is 11.3 Å². The zero-order valence-electron chi connectivity index (χ0n) is 16.9. The third-order valence-electron chi connectivity index (χ3n) is 4.88. The molecule has 0 atom stereocenters. The second-order valence-electron chi connectivity index (χ2n) is 7.02. The number of carbonyl (C=O) groups is 1. The number of fused-ring (bicyclic) bond motifs is 1. The predicted molar refractivity (Wildman–Crippen MR) is 129 cm³/mol. The second kappa shape index (κ2) is 9.49. The van der Waals surface area contributed by atoms with E-state index in [4.69, 9.17) is 0 Å². The lowest BCUT2D eigenvalue weighted by atomic mass is 10.2. The van der Waals surface area contributed by atoms with Crippen molar-refractivity contribution in [3.05, 3.63) is 99.3 Å². The van der Waals surface area contributed by atoms with Crippen molar-refractivity contribution in [2.24, 2.45) is 0 Å². The molecule has 0 saturated carbocycles. The number of nitrogens with zero attached hydrogens (tertiary/aromatic N) is 3. The van der Waals surface area contributed by atoms with Crippen molar-refractivity contribution < 1.29 is 4.79 Å². The molecule has 0 fully saturated rings. The first kappa shape index (κ1) is 21.3. The molecule has 1 aromatic heterocycles. The maximum Gasteiger partial charge on any atom is 0.266 e. The van der Waals surface area contributed by atoms with Gasteiger partial charge < -0.3 is 4.90 Å². The van der Waals surface area contributed by atoms with Gasteiger partial charge in [-0.25, -0.2) is 4.98 Å². The van der Waals surface area contributed by atoms with Crippen molar-refractivity contribution in [2.45, 2.75) is 11.7 Å².